The summed E-state index contributed by atoms with van der Waals surface area (Å²) in [4.78, 5) is 2.38. The number of hydrogen-bond donors (Lipinski definition) is 0. The van der Waals surface area contributed by atoms with Crippen LogP contribution in [0.1, 0.15) is 25.0 Å². The van der Waals surface area contributed by atoms with Crippen LogP contribution in [0.3, 0.4) is 0 Å². The number of benzene rings is 8. The molecule has 0 radical (unpaired) electrons. The average Bonchev–Trinajstić information content (AvgIpc) is 3.88. The number of aromatic nitrogens is 1. The minimum absolute atomic E-state index is 0.145. The van der Waals surface area contributed by atoms with Crippen LogP contribution < -0.4 is 4.90 Å². The summed E-state index contributed by atoms with van der Waals surface area (Å²) in [6.45, 7) is 8.99. The van der Waals surface area contributed by atoms with Crippen LogP contribution in [-0.4, -0.2) is 4.57 Å². The number of fused-ring (bicyclic) bond motifs is 10. The first-order valence-electron chi connectivity index (χ1n) is 20.0. The third kappa shape index (κ3) is 5.06. The Kier molecular flexibility index (Phi) is 7.67. The van der Waals surface area contributed by atoms with E-state index in [1.54, 1.807) is 0 Å². The van der Waals surface area contributed by atoms with Crippen molar-refractivity contribution < 1.29 is 4.42 Å². The maximum atomic E-state index is 6.58. The standard InChI is InChI=1S/C55H40N2O/c1-4-38(57-48-29-13-9-21-39(48)40-22-10-14-30-49(40)57)20-17-33-56(50-31-16-27-46-54(50)43-24-7-11-26-45(43)55(46,2)3)47-28-12-8-23-41(47)42-25-15-32-51-53(42)44-34-36-18-5-6-19-37(36)35-52(44)58-51/h4-35H,1H2,2-3H3/b33-17+,38-20+. The molecule has 0 atom stereocenters. The first kappa shape index (κ1) is 33.9. The van der Waals surface area contributed by atoms with E-state index in [0.717, 1.165) is 61.2 Å². The molecule has 2 heterocycles. The minimum atomic E-state index is -0.145. The number of hydrogen-bond acceptors (Lipinski definition) is 2. The minimum Gasteiger partial charge on any atom is -0.456 e. The third-order valence-corrected chi connectivity index (χ3v) is 12.2. The number of para-hydroxylation sites is 3. The van der Waals surface area contributed by atoms with Gasteiger partial charge in [0.2, 0.25) is 0 Å². The largest absolute Gasteiger partial charge is 0.456 e. The molecule has 10 aromatic rings. The van der Waals surface area contributed by atoms with E-state index in [1.165, 1.54) is 43.8 Å². The first-order valence-corrected chi connectivity index (χ1v) is 20.0. The molecule has 0 unspecified atom stereocenters. The van der Waals surface area contributed by atoms with Crippen molar-refractivity contribution in [1.29, 1.82) is 0 Å². The van der Waals surface area contributed by atoms with Gasteiger partial charge in [-0.25, -0.2) is 0 Å². The van der Waals surface area contributed by atoms with E-state index in [2.05, 4.69) is 218 Å². The highest BCUT2D eigenvalue weighted by Crippen LogP contribution is 2.54. The van der Waals surface area contributed by atoms with Gasteiger partial charge in [-0.1, -0.05) is 148 Å². The van der Waals surface area contributed by atoms with E-state index >= 15 is 0 Å². The molecule has 0 saturated carbocycles. The number of anilines is 2. The van der Waals surface area contributed by atoms with Gasteiger partial charge in [0, 0.05) is 50.0 Å². The zero-order chi connectivity index (χ0) is 39.0. The lowest BCUT2D eigenvalue weighted by molar-refractivity contribution is 0.660. The van der Waals surface area contributed by atoms with Gasteiger partial charge in [-0.05, 0) is 93.7 Å². The molecule has 0 aliphatic heterocycles. The Bertz CT molecular complexity index is 3300. The normalized spacial score (nSPS) is 13.6. The summed E-state index contributed by atoms with van der Waals surface area (Å²) >= 11 is 0. The van der Waals surface area contributed by atoms with Gasteiger partial charge in [-0.2, -0.15) is 0 Å². The van der Waals surface area contributed by atoms with Crippen molar-refractivity contribution in [2.75, 3.05) is 4.90 Å². The second-order valence-electron chi connectivity index (χ2n) is 15.7. The summed E-state index contributed by atoms with van der Waals surface area (Å²) in [5.74, 6) is 0. The van der Waals surface area contributed by atoms with Crippen molar-refractivity contribution in [1.82, 2.24) is 4.57 Å². The molecule has 11 rings (SSSR count). The Balaban J connectivity index is 1.15. The van der Waals surface area contributed by atoms with Crippen LogP contribution in [0.15, 0.2) is 205 Å². The Morgan fingerprint density at radius 2 is 1.17 bits per heavy atom. The highest BCUT2D eigenvalue weighted by Gasteiger charge is 2.37. The van der Waals surface area contributed by atoms with Crippen LogP contribution in [-0.2, 0) is 5.41 Å². The molecule has 0 bridgehead atoms. The third-order valence-electron chi connectivity index (χ3n) is 12.2. The molecule has 1 aliphatic rings. The summed E-state index contributed by atoms with van der Waals surface area (Å²) in [5, 5.41) is 7.04. The van der Waals surface area contributed by atoms with Gasteiger partial charge in [-0.3, -0.25) is 0 Å². The zero-order valence-electron chi connectivity index (χ0n) is 32.5. The molecule has 0 spiro atoms. The Labute approximate surface area is 337 Å². The molecule has 0 amide bonds. The fourth-order valence-corrected chi connectivity index (χ4v) is 9.54. The molecule has 58 heavy (non-hydrogen) atoms. The smallest absolute Gasteiger partial charge is 0.136 e. The summed E-state index contributed by atoms with van der Waals surface area (Å²) in [6, 6.07) is 61.0. The van der Waals surface area contributed by atoms with Gasteiger partial charge in [0.05, 0.1) is 22.4 Å². The molecule has 8 aromatic carbocycles. The summed E-state index contributed by atoms with van der Waals surface area (Å²) in [5.41, 5.74) is 14.6. The van der Waals surface area contributed by atoms with Gasteiger partial charge in [0.1, 0.15) is 11.2 Å². The van der Waals surface area contributed by atoms with E-state index in [-0.39, 0.29) is 5.41 Å². The maximum absolute atomic E-state index is 6.58. The van der Waals surface area contributed by atoms with Crippen molar-refractivity contribution in [2.45, 2.75) is 19.3 Å². The summed E-state index contributed by atoms with van der Waals surface area (Å²) in [6.07, 6.45) is 8.52. The van der Waals surface area contributed by atoms with E-state index < -0.39 is 0 Å². The van der Waals surface area contributed by atoms with Crippen molar-refractivity contribution in [3.8, 4) is 22.3 Å². The second kappa shape index (κ2) is 13.1. The van der Waals surface area contributed by atoms with Gasteiger partial charge >= 0.3 is 0 Å². The lowest BCUT2D eigenvalue weighted by atomic mass is 9.82. The number of rotatable bonds is 7. The highest BCUT2D eigenvalue weighted by molar-refractivity contribution is 6.17. The lowest BCUT2D eigenvalue weighted by Gasteiger charge is -2.27. The molecule has 2 aromatic heterocycles. The quantitative estimate of drug-likeness (QED) is 0.152. The molecule has 276 valence electrons. The van der Waals surface area contributed by atoms with Gasteiger partial charge in [0.25, 0.3) is 0 Å². The van der Waals surface area contributed by atoms with E-state index in [1.807, 2.05) is 6.08 Å². The lowest BCUT2D eigenvalue weighted by Crippen LogP contribution is -2.16. The van der Waals surface area contributed by atoms with E-state index in [4.69, 9.17) is 4.42 Å². The summed E-state index contributed by atoms with van der Waals surface area (Å²) in [7, 11) is 0. The van der Waals surface area contributed by atoms with Gasteiger partial charge in [0.15, 0.2) is 0 Å². The fourth-order valence-electron chi connectivity index (χ4n) is 9.54. The summed E-state index contributed by atoms with van der Waals surface area (Å²) < 4.78 is 8.90. The molecule has 1 aliphatic carbocycles. The van der Waals surface area contributed by atoms with Crippen LogP contribution in [0.5, 0.6) is 0 Å². The molecule has 0 fully saturated rings. The van der Waals surface area contributed by atoms with Crippen LogP contribution >= 0.6 is 0 Å². The van der Waals surface area contributed by atoms with Crippen molar-refractivity contribution >= 4 is 71.6 Å². The van der Waals surface area contributed by atoms with Gasteiger partial charge < -0.3 is 13.9 Å². The Morgan fingerprint density at radius 1 is 0.569 bits per heavy atom. The second-order valence-corrected chi connectivity index (χ2v) is 15.7. The predicted octanol–water partition coefficient (Wildman–Crippen LogP) is 15.2. The van der Waals surface area contributed by atoms with Crippen LogP contribution in [0.25, 0.3) is 82.5 Å². The Morgan fingerprint density at radius 3 is 1.95 bits per heavy atom. The number of furan rings is 1. The predicted molar refractivity (Wildman–Crippen MR) is 246 cm³/mol. The van der Waals surface area contributed by atoms with Crippen molar-refractivity contribution in [3.63, 3.8) is 0 Å². The van der Waals surface area contributed by atoms with Crippen LogP contribution in [0.4, 0.5) is 11.4 Å². The number of nitrogens with zero attached hydrogens (tertiary/aromatic N) is 2. The van der Waals surface area contributed by atoms with Crippen LogP contribution in [0.2, 0.25) is 0 Å². The monoisotopic (exact) mass is 744 g/mol. The van der Waals surface area contributed by atoms with E-state index in [0.29, 0.717) is 0 Å². The molecular weight excluding hydrogens is 705 g/mol. The van der Waals surface area contributed by atoms with Crippen molar-refractivity contribution in [3.05, 3.63) is 212 Å². The fraction of sp³-hybridized carbons (Fsp3) is 0.0545. The maximum Gasteiger partial charge on any atom is 0.136 e. The molecule has 0 N–H and O–H groups in total. The topological polar surface area (TPSA) is 21.3 Å². The van der Waals surface area contributed by atoms with E-state index in [9.17, 15) is 0 Å². The Hall–Kier alpha value is -7.36. The zero-order valence-corrected chi connectivity index (χ0v) is 32.5. The molecule has 3 nitrogen and oxygen atoms in total. The first-order chi connectivity index (χ1) is 28.5. The molecular formula is C55H40N2O. The average molecular weight is 745 g/mol. The van der Waals surface area contributed by atoms with Crippen molar-refractivity contribution in [2.24, 2.45) is 0 Å². The molecule has 3 heteroatoms. The number of allylic oxidation sites excluding steroid dienone is 4. The highest BCUT2D eigenvalue weighted by atomic mass is 16.3. The van der Waals surface area contributed by atoms with Crippen LogP contribution in [0, 0.1) is 0 Å². The SMILES string of the molecule is C=C/C(=C\C=C\N(c1ccccc1-c1cccc2oc3cc4ccccc4cc3c12)c1cccc2c1-c1ccccc1C2(C)C)n1c2ccccc2c2ccccc21. The van der Waals surface area contributed by atoms with Gasteiger partial charge in [-0.15, -0.1) is 0 Å². The molecule has 0 saturated heterocycles.